The molecule has 2 heterocycles. The molecule has 24 heavy (non-hydrogen) atoms. The Morgan fingerprint density at radius 2 is 2.17 bits per heavy atom. The SMILES string of the molecule is Cc1ccccc1-c1ccc(SCC(=O)NC[C@H]2CCCO2)nn1. The second-order valence-corrected chi connectivity index (χ2v) is 6.80. The lowest BCUT2D eigenvalue weighted by Gasteiger charge is -2.10. The highest BCUT2D eigenvalue weighted by molar-refractivity contribution is 7.99. The normalized spacial score (nSPS) is 17.0. The Balaban J connectivity index is 1.49. The largest absolute Gasteiger partial charge is 0.376 e. The summed E-state index contributed by atoms with van der Waals surface area (Å²) in [5.74, 6) is 0.339. The first-order valence-corrected chi connectivity index (χ1v) is 9.12. The number of hydrogen-bond acceptors (Lipinski definition) is 5. The molecular weight excluding hydrogens is 322 g/mol. The van der Waals surface area contributed by atoms with E-state index in [0.29, 0.717) is 12.3 Å². The predicted molar refractivity (Wildman–Crippen MR) is 94.9 cm³/mol. The molecule has 1 aromatic carbocycles. The van der Waals surface area contributed by atoms with Crippen LogP contribution in [0, 0.1) is 6.92 Å². The molecule has 1 fully saturated rings. The van der Waals surface area contributed by atoms with Crippen LogP contribution in [0.4, 0.5) is 0 Å². The molecule has 0 spiro atoms. The molecule has 1 aliphatic rings. The van der Waals surface area contributed by atoms with Crippen LogP contribution in [0.1, 0.15) is 18.4 Å². The van der Waals surface area contributed by atoms with Gasteiger partial charge in [-0.25, -0.2) is 0 Å². The Morgan fingerprint density at radius 1 is 1.29 bits per heavy atom. The fourth-order valence-electron chi connectivity index (χ4n) is 2.62. The monoisotopic (exact) mass is 343 g/mol. The van der Waals surface area contributed by atoms with Crippen molar-refractivity contribution < 1.29 is 9.53 Å². The van der Waals surface area contributed by atoms with Gasteiger partial charge in [-0.3, -0.25) is 4.79 Å². The van der Waals surface area contributed by atoms with Crippen LogP contribution >= 0.6 is 11.8 Å². The van der Waals surface area contributed by atoms with Crippen LogP contribution in [0.15, 0.2) is 41.4 Å². The Hall–Kier alpha value is -1.92. The van der Waals surface area contributed by atoms with E-state index in [1.807, 2.05) is 30.3 Å². The first kappa shape index (κ1) is 16.9. The maximum Gasteiger partial charge on any atom is 0.230 e. The van der Waals surface area contributed by atoms with Crippen LogP contribution in [0.5, 0.6) is 0 Å². The molecule has 0 saturated carbocycles. The minimum absolute atomic E-state index is 0.000260. The van der Waals surface area contributed by atoms with Gasteiger partial charge in [-0.15, -0.1) is 10.2 Å². The molecule has 0 unspecified atom stereocenters. The number of nitrogens with zero attached hydrogens (tertiary/aromatic N) is 2. The average Bonchev–Trinajstić information content (AvgIpc) is 3.13. The third kappa shape index (κ3) is 4.55. The quantitative estimate of drug-likeness (QED) is 0.817. The van der Waals surface area contributed by atoms with Crippen molar-refractivity contribution in [2.75, 3.05) is 18.9 Å². The van der Waals surface area contributed by atoms with Crippen LogP contribution in [0.25, 0.3) is 11.3 Å². The highest BCUT2D eigenvalue weighted by Crippen LogP contribution is 2.22. The number of amides is 1. The number of thioether (sulfide) groups is 1. The van der Waals surface area contributed by atoms with E-state index in [1.54, 1.807) is 0 Å². The summed E-state index contributed by atoms with van der Waals surface area (Å²) in [5, 5.41) is 12.1. The van der Waals surface area contributed by atoms with Crippen molar-refractivity contribution in [3.8, 4) is 11.3 Å². The first-order valence-electron chi connectivity index (χ1n) is 8.13. The van der Waals surface area contributed by atoms with Crippen LogP contribution in [-0.2, 0) is 9.53 Å². The molecule has 5 nitrogen and oxygen atoms in total. The number of ether oxygens (including phenoxy) is 1. The summed E-state index contributed by atoms with van der Waals surface area (Å²) < 4.78 is 5.49. The van der Waals surface area contributed by atoms with Gasteiger partial charge in [0, 0.05) is 18.7 Å². The first-order chi connectivity index (χ1) is 11.7. The van der Waals surface area contributed by atoms with Crippen LogP contribution in [0.3, 0.4) is 0 Å². The zero-order valence-electron chi connectivity index (χ0n) is 13.7. The molecule has 1 saturated heterocycles. The van der Waals surface area contributed by atoms with Crippen molar-refractivity contribution >= 4 is 17.7 Å². The van der Waals surface area contributed by atoms with Crippen LogP contribution in [-0.4, -0.2) is 41.1 Å². The number of carbonyl (C=O) groups excluding carboxylic acids is 1. The lowest BCUT2D eigenvalue weighted by molar-refractivity contribution is -0.119. The third-order valence-electron chi connectivity index (χ3n) is 3.96. The summed E-state index contributed by atoms with van der Waals surface area (Å²) in [5.41, 5.74) is 3.09. The second kappa shape index (κ2) is 8.26. The number of hydrogen-bond donors (Lipinski definition) is 1. The van der Waals surface area contributed by atoms with Crippen molar-refractivity contribution in [2.45, 2.75) is 30.9 Å². The van der Waals surface area contributed by atoms with E-state index in [-0.39, 0.29) is 12.0 Å². The zero-order chi connectivity index (χ0) is 16.8. The van der Waals surface area contributed by atoms with Gasteiger partial charge in [0.1, 0.15) is 5.03 Å². The maximum absolute atomic E-state index is 11.9. The molecule has 0 bridgehead atoms. The van der Waals surface area contributed by atoms with Crippen molar-refractivity contribution in [1.29, 1.82) is 0 Å². The van der Waals surface area contributed by atoms with Crippen molar-refractivity contribution in [3.05, 3.63) is 42.0 Å². The maximum atomic E-state index is 11.9. The number of carbonyl (C=O) groups is 1. The fraction of sp³-hybridized carbons (Fsp3) is 0.389. The van der Waals surface area contributed by atoms with Crippen molar-refractivity contribution in [2.24, 2.45) is 0 Å². The van der Waals surface area contributed by atoms with Gasteiger partial charge in [0.25, 0.3) is 0 Å². The Bertz CT molecular complexity index is 685. The molecule has 1 amide bonds. The summed E-state index contributed by atoms with van der Waals surface area (Å²) in [7, 11) is 0. The van der Waals surface area contributed by atoms with Gasteiger partial charge in [-0.05, 0) is 37.5 Å². The number of rotatable bonds is 6. The predicted octanol–water partition coefficient (Wildman–Crippen LogP) is 2.84. The minimum Gasteiger partial charge on any atom is -0.376 e. The van der Waals surface area contributed by atoms with E-state index in [4.69, 9.17) is 4.74 Å². The van der Waals surface area contributed by atoms with E-state index in [0.717, 1.165) is 35.7 Å². The summed E-state index contributed by atoms with van der Waals surface area (Å²) >= 11 is 1.39. The number of aromatic nitrogens is 2. The summed E-state index contributed by atoms with van der Waals surface area (Å²) in [4.78, 5) is 11.9. The summed E-state index contributed by atoms with van der Waals surface area (Å²) in [6, 6.07) is 11.9. The number of nitrogens with one attached hydrogen (secondary N) is 1. The highest BCUT2D eigenvalue weighted by atomic mass is 32.2. The van der Waals surface area contributed by atoms with E-state index in [2.05, 4.69) is 28.5 Å². The van der Waals surface area contributed by atoms with E-state index < -0.39 is 0 Å². The van der Waals surface area contributed by atoms with Gasteiger partial charge in [0.15, 0.2) is 0 Å². The van der Waals surface area contributed by atoms with E-state index >= 15 is 0 Å². The van der Waals surface area contributed by atoms with Gasteiger partial charge in [0.05, 0.1) is 17.6 Å². The van der Waals surface area contributed by atoms with Gasteiger partial charge < -0.3 is 10.1 Å². The minimum atomic E-state index is 0.000260. The van der Waals surface area contributed by atoms with Gasteiger partial charge >= 0.3 is 0 Å². The molecule has 1 N–H and O–H groups in total. The van der Waals surface area contributed by atoms with Gasteiger partial charge in [0.2, 0.25) is 5.91 Å². The lowest BCUT2D eigenvalue weighted by Crippen LogP contribution is -2.32. The molecule has 126 valence electrons. The molecule has 0 radical (unpaired) electrons. The van der Waals surface area contributed by atoms with Crippen LogP contribution in [0.2, 0.25) is 0 Å². The summed E-state index contributed by atoms with van der Waals surface area (Å²) in [6.07, 6.45) is 2.28. The Labute approximate surface area is 146 Å². The molecule has 0 aliphatic carbocycles. The molecule has 3 rings (SSSR count). The van der Waals surface area contributed by atoms with Crippen LogP contribution < -0.4 is 5.32 Å². The molecule has 1 aromatic heterocycles. The molecule has 6 heteroatoms. The topological polar surface area (TPSA) is 64.1 Å². The summed E-state index contributed by atoms with van der Waals surface area (Å²) in [6.45, 7) is 3.45. The van der Waals surface area contributed by atoms with Gasteiger partial charge in [-0.1, -0.05) is 36.0 Å². The highest BCUT2D eigenvalue weighted by Gasteiger charge is 2.16. The number of benzene rings is 1. The standard InChI is InChI=1S/C18H21N3O2S/c1-13-5-2-3-7-15(13)16-8-9-18(21-20-16)24-12-17(22)19-11-14-6-4-10-23-14/h2-3,5,7-9,14H,4,6,10-12H2,1H3,(H,19,22)/t14-/m1/s1. The fourth-order valence-corrected chi connectivity index (χ4v) is 3.27. The van der Waals surface area contributed by atoms with Crippen molar-refractivity contribution in [3.63, 3.8) is 0 Å². The van der Waals surface area contributed by atoms with E-state index in [1.165, 1.54) is 17.3 Å². The lowest BCUT2D eigenvalue weighted by atomic mass is 10.1. The van der Waals surface area contributed by atoms with Crippen molar-refractivity contribution in [1.82, 2.24) is 15.5 Å². The molecule has 2 aromatic rings. The zero-order valence-corrected chi connectivity index (χ0v) is 14.5. The third-order valence-corrected chi connectivity index (χ3v) is 4.88. The van der Waals surface area contributed by atoms with E-state index in [9.17, 15) is 4.79 Å². The second-order valence-electron chi connectivity index (χ2n) is 5.80. The molecule has 1 aliphatic heterocycles. The average molecular weight is 343 g/mol. The Morgan fingerprint density at radius 3 is 2.88 bits per heavy atom. The smallest absolute Gasteiger partial charge is 0.230 e. The Kier molecular flexibility index (Phi) is 5.82. The molecule has 1 atom stereocenters. The molecular formula is C18H21N3O2S. The number of aryl methyl sites for hydroxylation is 1. The van der Waals surface area contributed by atoms with Gasteiger partial charge in [-0.2, -0.15) is 0 Å².